The summed E-state index contributed by atoms with van der Waals surface area (Å²) >= 11 is 0. The second-order valence-corrected chi connectivity index (χ2v) is 11.0. The second kappa shape index (κ2) is 5.54. The van der Waals surface area contributed by atoms with Gasteiger partial charge in [-0.25, -0.2) is 0 Å². The van der Waals surface area contributed by atoms with Crippen LogP contribution in [0.15, 0.2) is 12.1 Å². The predicted octanol–water partition coefficient (Wildman–Crippen LogP) is 3.24. The highest BCUT2D eigenvalue weighted by Gasteiger charge is 2.94. The van der Waals surface area contributed by atoms with Crippen LogP contribution in [0.3, 0.4) is 0 Å². The first-order valence-corrected chi connectivity index (χ1v) is 11.7. The molecule has 5 aliphatic rings. The molecule has 2 aliphatic heterocycles. The van der Waals surface area contributed by atoms with Crippen LogP contribution in [0.1, 0.15) is 57.6 Å². The van der Waals surface area contributed by atoms with E-state index in [9.17, 15) is 10.2 Å². The molecule has 2 spiro atoms. The van der Waals surface area contributed by atoms with Gasteiger partial charge in [-0.1, -0.05) is 26.3 Å². The largest absolute Gasteiger partial charge is 0.504 e. The first kappa shape index (κ1) is 19.4. The van der Waals surface area contributed by atoms with Crippen molar-refractivity contribution in [2.75, 3.05) is 20.7 Å². The number of ether oxygens (including phenoxy) is 2. The number of likely N-dealkylation sites (tertiary alicyclic amines) is 1. The van der Waals surface area contributed by atoms with Gasteiger partial charge in [0.25, 0.3) is 0 Å². The summed E-state index contributed by atoms with van der Waals surface area (Å²) in [4.78, 5) is 2.52. The minimum Gasteiger partial charge on any atom is -0.504 e. The van der Waals surface area contributed by atoms with E-state index in [4.69, 9.17) is 9.47 Å². The Kier molecular flexibility index (Phi) is 3.58. The van der Waals surface area contributed by atoms with E-state index in [0.29, 0.717) is 17.7 Å². The number of rotatable bonds is 4. The first-order valence-electron chi connectivity index (χ1n) is 11.7. The average Bonchev–Trinajstić information content (AvgIpc) is 3.08. The van der Waals surface area contributed by atoms with Crippen molar-refractivity contribution in [3.8, 4) is 11.5 Å². The number of benzene rings is 1. The quantitative estimate of drug-likeness (QED) is 0.794. The van der Waals surface area contributed by atoms with Crippen LogP contribution < -0.4 is 4.74 Å². The lowest BCUT2D eigenvalue weighted by atomic mass is 9.48. The van der Waals surface area contributed by atoms with Crippen LogP contribution in [0.5, 0.6) is 11.5 Å². The maximum Gasteiger partial charge on any atom is 0.166 e. The normalized spacial score (nSPS) is 47.1. The smallest absolute Gasteiger partial charge is 0.166 e. The van der Waals surface area contributed by atoms with Gasteiger partial charge < -0.3 is 24.6 Å². The fourth-order valence-corrected chi connectivity index (χ4v) is 9.19. The fourth-order valence-electron chi connectivity index (χ4n) is 9.19. The van der Waals surface area contributed by atoms with Crippen LogP contribution in [0.4, 0.5) is 0 Å². The summed E-state index contributed by atoms with van der Waals surface area (Å²) in [5.41, 5.74) is 0.613. The lowest BCUT2D eigenvalue weighted by Gasteiger charge is -2.61. The standard InChI is InChI=1S/C25H35NO4/c1-6-9-22(3,28)19-13-16-17-12-15-7-8-18(27)21-20(15)23(16,10-11-26(17)4)25(30-21)14(2)24(19,25)29-5/h7-8,14,16-17,19,27-28H,6,9-13H2,1-5H3/t14?,16?,17-,19?,22+,23?,24-,25+/m1/s1. The van der Waals surface area contributed by atoms with Gasteiger partial charge in [0.15, 0.2) is 17.1 Å². The van der Waals surface area contributed by atoms with Gasteiger partial charge in [-0.3, -0.25) is 0 Å². The lowest BCUT2D eigenvalue weighted by molar-refractivity contribution is -0.183. The van der Waals surface area contributed by atoms with E-state index in [1.165, 1.54) is 11.1 Å². The molecule has 6 rings (SSSR count). The maximum absolute atomic E-state index is 11.7. The van der Waals surface area contributed by atoms with Gasteiger partial charge in [-0.15, -0.1) is 0 Å². The predicted molar refractivity (Wildman–Crippen MR) is 114 cm³/mol. The highest BCUT2D eigenvalue weighted by atomic mass is 16.6. The Morgan fingerprint density at radius 2 is 2.13 bits per heavy atom. The molecule has 2 N–H and O–H groups in total. The van der Waals surface area contributed by atoms with Crippen LogP contribution in [0.2, 0.25) is 0 Å². The SMILES string of the molecule is CCC[C@](C)(O)C1CC2[C@H]3Cc4ccc(O)c5c4C2(CCN3C)[C@@]2(O5)C(C)[C@@]12OC. The summed E-state index contributed by atoms with van der Waals surface area (Å²) in [6.07, 6.45) is 4.65. The van der Waals surface area contributed by atoms with Crippen molar-refractivity contribution in [3.63, 3.8) is 0 Å². The third kappa shape index (κ3) is 1.71. The van der Waals surface area contributed by atoms with E-state index in [0.717, 1.165) is 38.6 Å². The molecule has 8 atom stereocenters. The summed E-state index contributed by atoms with van der Waals surface area (Å²) in [6, 6.07) is 4.35. The molecule has 2 bridgehead atoms. The van der Waals surface area contributed by atoms with Crippen molar-refractivity contribution in [2.45, 2.75) is 81.1 Å². The molecule has 0 amide bonds. The number of likely N-dealkylation sites (N-methyl/N-ethyl adjacent to an activating group) is 1. The van der Waals surface area contributed by atoms with Crippen molar-refractivity contribution in [1.29, 1.82) is 0 Å². The van der Waals surface area contributed by atoms with Crippen molar-refractivity contribution < 1.29 is 19.7 Å². The average molecular weight is 414 g/mol. The summed E-state index contributed by atoms with van der Waals surface area (Å²) in [6.45, 7) is 7.43. The number of phenolic OH excluding ortho intramolecular Hbond substituents is 1. The zero-order valence-electron chi connectivity index (χ0n) is 18.9. The van der Waals surface area contributed by atoms with Crippen molar-refractivity contribution in [2.24, 2.45) is 17.8 Å². The molecule has 30 heavy (non-hydrogen) atoms. The summed E-state index contributed by atoms with van der Waals surface area (Å²) in [7, 11) is 4.06. The Balaban J connectivity index is 1.63. The molecule has 4 unspecified atom stereocenters. The topological polar surface area (TPSA) is 62.2 Å². The number of phenols is 1. The number of aromatic hydroxyl groups is 1. The zero-order valence-corrected chi connectivity index (χ0v) is 18.9. The van der Waals surface area contributed by atoms with Crippen LogP contribution in [-0.2, 0) is 16.6 Å². The Morgan fingerprint density at radius 1 is 1.37 bits per heavy atom. The van der Waals surface area contributed by atoms with E-state index in [1.54, 1.807) is 13.2 Å². The van der Waals surface area contributed by atoms with E-state index in [2.05, 4.69) is 31.9 Å². The fraction of sp³-hybridized carbons (Fsp3) is 0.760. The maximum atomic E-state index is 11.7. The summed E-state index contributed by atoms with van der Waals surface area (Å²) in [5.74, 6) is 1.52. The van der Waals surface area contributed by atoms with Crippen molar-refractivity contribution >= 4 is 0 Å². The molecule has 164 valence electrons. The van der Waals surface area contributed by atoms with Gasteiger partial charge in [0, 0.05) is 36.0 Å². The number of hydrogen-bond acceptors (Lipinski definition) is 5. The van der Waals surface area contributed by atoms with Crippen molar-refractivity contribution in [1.82, 2.24) is 4.90 Å². The number of hydrogen-bond donors (Lipinski definition) is 2. The molecule has 0 aromatic heterocycles. The Morgan fingerprint density at radius 3 is 2.83 bits per heavy atom. The van der Waals surface area contributed by atoms with Crippen LogP contribution >= 0.6 is 0 Å². The van der Waals surface area contributed by atoms with E-state index < -0.39 is 16.8 Å². The molecule has 0 radical (unpaired) electrons. The number of nitrogens with zero attached hydrogens (tertiary/aromatic N) is 1. The van der Waals surface area contributed by atoms with Crippen molar-refractivity contribution in [3.05, 3.63) is 23.3 Å². The van der Waals surface area contributed by atoms with E-state index >= 15 is 0 Å². The lowest BCUT2D eigenvalue weighted by Crippen LogP contribution is -2.70. The highest BCUT2D eigenvalue weighted by molar-refractivity contribution is 5.67. The highest BCUT2D eigenvalue weighted by Crippen LogP contribution is 2.83. The Bertz CT molecular complexity index is 930. The minimum absolute atomic E-state index is 0.00933. The Labute approximate surface area is 179 Å². The minimum atomic E-state index is -0.808. The Hall–Kier alpha value is -1.30. The third-order valence-corrected chi connectivity index (χ3v) is 10.1. The molecule has 1 aromatic rings. The van der Waals surface area contributed by atoms with Gasteiger partial charge >= 0.3 is 0 Å². The molecule has 5 heteroatoms. The summed E-state index contributed by atoms with van der Waals surface area (Å²) in [5, 5.41) is 22.5. The molecular formula is C25H35NO4. The molecule has 1 saturated heterocycles. The molecule has 5 nitrogen and oxygen atoms in total. The molecule has 2 heterocycles. The van der Waals surface area contributed by atoms with Crippen LogP contribution in [0.25, 0.3) is 0 Å². The number of piperidine rings is 1. The second-order valence-electron chi connectivity index (χ2n) is 11.0. The van der Waals surface area contributed by atoms with Gasteiger partial charge in [0.2, 0.25) is 0 Å². The third-order valence-electron chi connectivity index (χ3n) is 10.1. The first-order chi connectivity index (χ1) is 14.2. The monoisotopic (exact) mass is 413 g/mol. The number of aliphatic hydroxyl groups is 1. The van der Waals surface area contributed by atoms with Gasteiger partial charge in [0.05, 0.1) is 5.60 Å². The summed E-state index contributed by atoms with van der Waals surface area (Å²) < 4.78 is 13.3. The molecular weight excluding hydrogens is 378 g/mol. The molecule has 1 aromatic carbocycles. The molecule has 3 aliphatic carbocycles. The number of methoxy groups -OCH3 is 1. The molecule has 2 saturated carbocycles. The van der Waals surface area contributed by atoms with Gasteiger partial charge in [-0.05, 0) is 63.7 Å². The van der Waals surface area contributed by atoms with Gasteiger partial charge in [-0.2, -0.15) is 0 Å². The molecule has 3 fully saturated rings. The van der Waals surface area contributed by atoms with E-state index in [1.807, 2.05) is 6.92 Å². The van der Waals surface area contributed by atoms with E-state index in [-0.39, 0.29) is 23.0 Å². The van der Waals surface area contributed by atoms with Gasteiger partial charge in [0.1, 0.15) is 5.60 Å². The zero-order chi connectivity index (χ0) is 21.3. The van der Waals surface area contributed by atoms with Crippen LogP contribution in [-0.4, -0.2) is 58.7 Å². The van der Waals surface area contributed by atoms with Crippen LogP contribution in [0, 0.1) is 17.8 Å².